The van der Waals surface area contributed by atoms with Gasteiger partial charge in [-0.1, -0.05) is 19.1 Å². The van der Waals surface area contributed by atoms with Gasteiger partial charge < -0.3 is 10.4 Å². The average molecular weight is 282 g/mol. The molecule has 110 valence electrons. The van der Waals surface area contributed by atoms with E-state index in [4.69, 9.17) is 0 Å². The van der Waals surface area contributed by atoms with Crippen LogP contribution in [-0.4, -0.2) is 10.1 Å². The summed E-state index contributed by atoms with van der Waals surface area (Å²) in [6, 6.07) is 10.1. The summed E-state index contributed by atoms with van der Waals surface area (Å²) in [5.41, 5.74) is 5.74. The van der Waals surface area contributed by atoms with Crippen LogP contribution in [0.2, 0.25) is 0 Å². The fourth-order valence-corrected chi connectivity index (χ4v) is 3.45. The highest BCUT2D eigenvalue weighted by Gasteiger charge is 2.31. The molecule has 2 aromatic rings. The smallest absolute Gasteiger partial charge is 0.120 e. The van der Waals surface area contributed by atoms with Gasteiger partial charge in [0.25, 0.3) is 0 Å². The van der Waals surface area contributed by atoms with E-state index in [0.717, 1.165) is 29.9 Å². The third-order valence-electron chi connectivity index (χ3n) is 4.39. The van der Waals surface area contributed by atoms with Crippen molar-refractivity contribution in [2.24, 2.45) is 0 Å². The van der Waals surface area contributed by atoms with Gasteiger partial charge >= 0.3 is 0 Å². The molecule has 0 fully saturated rings. The maximum atomic E-state index is 10.2. The molecule has 0 aliphatic heterocycles. The van der Waals surface area contributed by atoms with E-state index < -0.39 is 0 Å². The molecule has 1 aliphatic rings. The van der Waals surface area contributed by atoms with Gasteiger partial charge in [0.2, 0.25) is 0 Å². The maximum absolute atomic E-state index is 10.2. The summed E-state index contributed by atoms with van der Waals surface area (Å²) in [6.07, 6.45) is 1.03. The number of rotatable bonds is 3. The van der Waals surface area contributed by atoms with Gasteiger partial charge in [-0.05, 0) is 55.5 Å². The van der Waals surface area contributed by atoms with E-state index in [0.29, 0.717) is 11.7 Å². The van der Waals surface area contributed by atoms with Crippen molar-refractivity contribution in [2.75, 3.05) is 0 Å². The molecular formula is C18H22N2O. The number of hydrogen-bond acceptors (Lipinski definition) is 3. The molecule has 0 bridgehead atoms. The van der Waals surface area contributed by atoms with Crippen LogP contribution in [0.4, 0.5) is 0 Å². The zero-order chi connectivity index (χ0) is 15.0. The lowest BCUT2D eigenvalue weighted by Crippen LogP contribution is -2.19. The topological polar surface area (TPSA) is 45.1 Å². The summed E-state index contributed by atoms with van der Waals surface area (Å²) in [5, 5.41) is 13.8. The molecule has 1 aliphatic carbocycles. The Kier molecular flexibility index (Phi) is 3.68. The molecule has 3 nitrogen and oxygen atoms in total. The van der Waals surface area contributed by atoms with E-state index in [1.165, 1.54) is 11.1 Å². The third kappa shape index (κ3) is 2.66. The first-order valence-electron chi connectivity index (χ1n) is 7.54. The molecule has 0 amide bonds. The summed E-state index contributed by atoms with van der Waals surface area (Å²) < 4.78 is 0. The Bertz CT molecular complexity index is 666. The van der Waals surface area contributed by atoms with Crippen LogP contribution >= 0.6 is 0 Å². The fourth-order valence-electron chi connectivity index (χ4n) is 3.45. The van der Waals surface area contributed by atoms with Crippen LogP contribution in [0.15, 0.2) is 30.3 Å². The van der Waals surface area contributed by atoms with Crippen LogP contribution in [0.3, 0.4) is 0 Å². The highest BCUT2D eigenvalue weighted by atomic mass is 16.3. The zero-order valence-corrected chi connectivity index (χ0v) is 12.9. The molecule has 0 radical (unpaired) electrons. The molecule has 21 heavy (non-hydrogen) atoms. The lowest BCUT2D eigenvalue weighted by molar-refractivity contribution is 0.444. The molecule has 1 heterocycles. The Morgan fingerprint density at radius 2 is 2.00 bits per heavy atom. The average Bonchev–Trinajstić information content (AvgIpc) is 2.79. The van der Waals surface area contributed by atoms with Gasteiger partial charge in [0, 0.05) is 23.8 Å². The molecule has 0 saturated heterocycles. The van der Waals surface area contributed by atoms with Crippen molar-refractivity contribution in [1.82, 2.24) is 10.3 Å². The van der Waals surface area contributed by atoms with Gasteiger partial charge in [0.1, 0.15) is 5.75 Å². The number of nitrogens with one attached hydrogen (secondary N) is 1. The lowest BCUT2D eigenvalue weighted by atomic mass is 9.97. The second kappa shape index (κ2) is 5.49. The van der Waals surface area contributed by atoms with E-state index in [-0.39, 0.29) is 6.04 Å². The van der Waals surface area contributed by atoms with Crippen LogP contribution in [0.25, 0.3) is 0 Å². The zero-order valence-electron chi connectivity index (χ0n) is 12.9. The number of fused-ring (bicyclic) bond motifs is 1. The first kappa shape index (κ1) is 14.1. The number of nitrogens with zero attached hydrogens (tertiary/aromatic N) is 1. The minimum Gasteiger partial charge on any atom is -0.508 e. The molecule has 1 aromatic carbocycles. The van der Waals surface area contributed by atoms with Crippen molar-refractivity contribution in [3.05, 3.63) is 58.4 Å². The Balaban J connectivity index is 1.82. The largest absolute Gasteiger partial charge is 0.508 e. The van der Waals surface area contributed by atoms with Crippen LogP contribution in [-0.2, 0) is 6.54 Å². The van der Waals surface area contributed by atoms with Crippen molar-refractivity contribution in [2.45, 2.75) is 45.7 Å². The molecule has 0 saturated carbocycles. The maximum Gasteiger partial charge on any atom is 0.120 e. The molecule has 2 N–H and O–H groups in total. The van der Waals surface area contributed by atoms with Crippen LogP contribution in [0, 0.1) is 13.8 Å². The summed E-state index contributed by atoms with van der Waals surface area (Å²) in [6.45, 7) is 7.09. The molecule has 2 unspecified atom stereocenters. The number of phenols is 1. The summed E-state index contributed by atoms with van der Waals surface area (Å²) in [5.74, 6) is 0.893. The quantitative estimate of drug-likeness (QED) is 0.901. The monoisotopic (exact) mass is 282 g/mol. The predicted molar refractivity (Wildman–Crippen MR) is 84.4 cm³/mol. The van der Waals surface area contributed by atoms with Gasteiger partial charge in [-0.25, -0.2) is 0 Å². The number of aromatic nitrogens is 1. The van der Waals surface area contributed by atoms with Gasteiger partial charge in [0.15, 0.2) is 0 Å². The third-order valence-corrected chi connectivity index (χ3v) is 4.39. The Morgan fingerprint density at radius 3 is 2.76 bits per heavy atom. The van der Waals surface area contributed by atoms with Crippen molar-refractivity contribution in [1.29, 1.82) is 0 Å². The molecule has 1 aromatic heterocycles. The normalized spacial score (nSPS) is 20.5. The minimum atomic E-state index is 0.206. The van der Waals surface area contributed by atoms with Crippen LogP contribution in [0.1, 0.15) is 53.4 Å². The molecule has 3 heteroatoms. The van der Waals surface area contributed by atoms with Gasteiger partial charge in [-0.2, -0.15) is 0 Å². The molecule has 3 rings (SSSR count). The van der Waals surface area contributed by atoms with E-state index in [1.807, 2.05) is 37.3 Å². The second-order valence-electron chi connectivity index (χ2n) is 6.07. The standard InChI is InChI=1S/C18H22N2O/c1-11-7-8-16(21)18-15(9-12(2)17(11)18)19-10-14-6-4-5-13(3)20-14/h4-8,12,15,19,21H,9-10H2,1-3H3. The lowest BCUT2D eigenvalue weighted by Gasteiger charge is -2.15. The number of hydrogen-bond donors (Lipinski definition) is 2. The van der Waals surface area contributed by atoms with E-state index in [9.17, 15) is 5.11 Å². The van der Waals surface area contributed by atoms with E-state index in [1.54, 1.807) is 0 Å². The van der Waals surface area contributed by atoms with Crippen molar-refractivity contribution in [3.8, 4) is 5.75 Å². The first-order valence-corrected chi connectivity index (χ1v) is 7.54. The van der Waals surface area contributed by atoms with Crippen molar-refractivity contribution < 1.29 is 5.11 Å². The number of aromatic hydroxyl groups is 1. The van der Waals surface area contributed by atoms with E-state index >= 15 is 0 Å². The second-order valence-corrected chi connectivity index (χ2v) is 6.07. The highest BCUT2D eigenvalue weighted by Crippen LogP contribution is 2.45. The summed E-state index contributed by atoms with van der Waals surface area (Å²) in [4.78, 5) is 4.52. The fraction of sp³-hybridized carbons (Fsp3) is 0.389. The van der Waals surface area contributed by atoms with Crippen LogP contribution < -0.4 is 5.32 Å². The SMILES string of the molecule is Cc1cccc(CNC2CC(C)c3c(C)ccc(O)c32)n1. The number of benzene rings is 1. The Morgan fingerprint density at radius 1 is 1.19 bits per heavy atom. The molecule has 2 atom stereocenters. The summed E-state index contributed by atoms with van der Waals surface area (Å²) in [7, 11) is 0. The summed E-state index contributed by atoms with van der Waals surface area (Å²) >= 11 is 0. The Hall–Kier alpha value is -1.87. The Labute approximate surface area is 126 Å². The van der Waals surface area contributed by atoms with Gasteiger partial charge in [-0.3, -0.25) is 4.98 Å². The minimum absolute atomic E-state index is 0.206. The molecular weight excluding hydrogens is 260 g/mol. The number of aryl methyl sites for hydroxylation is 2. The van der Waals surface area contributed by atoms with Crippen molar-refractivity contribution >= 4 is 0 Å². The predicted octanol–water partition coefficient (Wildman–Crippen LogP) is 3.74. The first-order chi connectivity index (χ1) is 10.1. The van der Waals surface area contributed by atoms with Gasteiger partial charge in [-0.15, -0.1) is 0 Å². The van der Waals surface area contributed by atoms with Gasteiger partial charge in [0.05, 0.1) is 5.69 Å². The van der Waals surface area contributed by atoms with E-state index in [2.05, 4.69) is 24.1 Å². The number of pyridine rings is 1. The van der Waals surface area contributed by atoms with Crippen molar-refractivity contribution in [3.63, 3.8) is 0 Å². The number of phenolic OH excluding ortho intramolecular Hbond substituents is 1. The molecule has 0 spiro atoms. The highest BCUT2D eigenvalue weighted by molar-refractivity contribution is 5.50. The van der Waals surface area contributed by atoms with Crippen LogP contribution in [0.5, 0.6) is 5.75 Å².